The van der Waals surface area contributed by atoms with Gasteiger partial charge in [-0.3, -0.25) is 4.90 Å². The number of phenols is 1. The van der Waals surface area contributed by atoms with Gasteiger partial charge in [0.1, 0.15) is 5.75 Å². The quantitative estimate of drug-likeness (QED) is 0.806. The number of nitriles is 1. The molecule has 3 aliphatic rings. The Bertz CT molecular complexity index is 606. The molecule has 1 aromatic rings. The van der Waals surface area contributed by atoms with Crippen LogP contribution in [0.4, 0.5) is 0 Å². The molecule has 1 saturated carbocycles. The van der Waals surface area contributed by atoms with Crippen molar-refractivity contribution in [3.63, 3.8) is 0 Å². The summed E-state index contributed by atoms with van der Waals surface area (Å²) >= 11 is 0. The van der Waals surface area contributed by atoms with Crippen molar-refractivity contribution in [3.8, 4) is 11.8 Å². The van der Waals surface area contributed by atoms with E-state index in [4.69, 9.17) is 5.26 Å². The number of hydrogen-bond donors (Lipinski definition) is 1. The number of hydrogen-bond acceptors (Lipinski definition) is 3. The lowest BCUT2D eigenvalue weighted by atomic mass is 9.52. The van der Waals surface area contributed by atoms with Gasteiger partial charge in [0.05, 0.1) is 12.6 Å². The molecule has 2 unspecified atom stereocenters. The Balaban J connectivity index is 1.84. The van der Waals surface area contributed by atoms with Gasteiger partial charge < -0.3 is 5.11 Å². The lowest BCUT2D eigenvalue weighted by Gasteiger charge is -2.58. The van der Waals surface area contributed by atoms with Crippen molar-refractivity contribution in [3.05, 3.63) is 29.3 Å². The minimum Gasteiger partial charge on any atom is -0.508 e. The monoisotopic (exact) mass is 282 g/mol. The van der Waals surface area contributed by atoms with Gasteiger partial charge in [0.15, 0.2) is 0 Å². The van der Waals surface area contributed by atoms with E-state index in [0.717, 1.165) is 19.4 Å². The molecule has 3 atom stereocenters. The van der Waals surface area contributed by atoms with E-state index < -0.39 is 0 Å². The molecular formula is C18H22N2O. The molecule has 2 aliphatic carbocycles. The molecular weight excluding hydrogens is 260 g/mol. The van der Waals surface area contributed by atoms with Crippen molar-refractivity contribution < 1.29 is 5.11 Å². The second kappa shape index (κ2) is 4.74. The third-order valence-corrected chi connectivity index (χ3v) is 6.21. The molecule has 1 saturated heterocycles. The van der Waals surface area contributed by atoms with Crippen molar-refractivity contribution >= 4 is 0 Å². The first-order valence-corrected chi connectivity index (χ1v) is 8.18. The molecule has 2 fully saturated rings. The minimum atomic E-state index is 0.265. The predicted octanol–water partition coefficient (Wildman–Crippen LogP) is 2.97. The molecule has 0 spiro atoms. The zero-order valence-electron chi connectivity index (χ0n) is 12.4. The van der Waals surface area contributed by atoms with Crippen LogP contribution in [0.25, 0.3) is 0 Å². The Morgan fingerprint density at radius 1 is 1.33 bits per heavy atom. The number of likely N-dealkylation sites (tertiary alicyclic amines) is 1. The first kappa shape index (κ1) is 13.2. The number of aromatic hydroxyl groups is 1. The first-order valence-electron chi connectivity index (χ1n) is 8.18. The standard InChI is InChI=1S/C18H22N2O/c19-8-10-20-9-7-18-6-2-1-3-15(18)17(20)11-13-4-5-14(21)12-16(13)18/h4-5,12,15,17,21H,1-3,6-7,9-11H2/t15?,17?,18-/m1/s1. The zero-order valence-corrected chi connectivity index (χ0v) is 12.4. The van der Waals surface area contributed by atoms with Gasteiger partial charge in [0.25, 0.3) is 0 Å². The molecule has 1 heterocycles. The van der Waals surface area contributed by atoms with Gasteiger partial charge in [-0.25, -0.2) is 0 Å². The molecule has 1 aliphatic heterocycles. The third kappa shape index (κ3) is 1.82. The molecule has 0 radical (unpaired) electrons. The van der Waals surface area contributed by atoms with Crippen molar-refractivity contribution in [2.45, 2.75) is 50.0 Å². The Morgan fingerprint density at radius 3 is 3.10 bits per heavy atom. The summed E-state index contributed by atoms with van der Waals surface area (Å²) in [5.41, 5.74) is 3.08. The van der Waals surface area contributed by atoms with E-state index in [0.29, 0.717) is 24.3 Å². The van der Waals surface area contributed by atoms with Crippen molar-refractivity contribution in [2.75, 3.05) is 13.1 Å². The SMILES string of the molecule is N#CCN1CC[C@]23CCCCC2C1Cc1ccc(O)cc13. The maximum absolute atomic E-state index is 9.96. The van der Waals surface area contributed by atoms with Crippen LogP contribution >= 0.6 is 0 Å². The van der Waals surface area contributed by atoms with Crippen LogP contribution in [0.1, 0.15) is 43.2 Å². The summed E-state index contributed by atoms with van der Waals surface area (Å²) in [6.45, 7) is 1.59. The predicted molar refractivity (Wildman–Crippen MR) is 81.0 cm³/mol. The van der Waals surface area contributed by atoms with E-state index in [1.165, 1.54) is 36.8 Å². The van der Waals surface area contributed by atoms with Crippen LogP contribution in [0.3, 0.4) is 0 Å². The van der Waals surface area contributed by atoms with Crippen LogP contribution in [0, 0.1) is 17.2 Å². The fourth-order valence-corrected chi connectivity index (χ4v) is 5.36. The number of phenolic OH excluding ortho intramolecular Hbond substituents is 1. The van der Waals surface area contributed by atoms with Crippen LogP contribution in [0.5, 0.6) is 5.75 Å². The molecule has 21 heavy (non-hydrogen) atoms. The minimum absolute atomic E-state index is 0.265. The van der Waals surface area contributed by atoms with Crippen LogP contribution in [-0.2, 0) is 11.8 Å². The lowest BCUT2D eigenvalue weighted by molar-refractivity contribution is -0.00439. The zero-order chi connectivity index (χ0) is 14.4. The normalized spacial score (nSPS) is 34.6. The van der Waals surface area contributed by atoms with Crippen molar-refractivity contribution in [1.82, 2.24) is 4.90 Å². The van der Waals surface area contributed by atoms with E-state index in [1.807, 2.05) is 12.1 Å². The summed E-state index contributed by atoms with van der Waals surface area (Å²) in [5, 5.41) is 19.1. The average molecular weight is 282 g/mol. The Morgan fingerprint density at radius 2 is 2.24 bits per heavy atom. The molecule has 3 nitrogen and oxygen atoms in total. The number of piperidine rings is 1. The maximum Gasteiger partial charge on any atom is 0.115 e. The van der Waals surface area contributed by atoms with E-state index in [-0.39, 0.29) is 5.41 Å². The van der Waals surface area contributed by atoms with Gasteiger partial charge in [0.2, 0.25) is 0 Å². The largest absolute Gasteiger partial charge is 0.508 e. The molecule has 0 aromatic heterocycles. The highest BCUT2D eigenvalue weighted by Crippen LogP contribution is 2.56. The van der Waals surface area contributed by atoms with Gasteiger partial charge in [-0.1, -0.05) is 18.9 Å². The second-order valence-electron chi connectivity index (χ2n) is 7.00. The average Bonchev–Trinajstić information content (AvgIpc) is 2.51. The molecule has 3 heteroatoms. The van der Waals surface area contributed by atoms with Gasteiger partial charge in [-0.15, -0.1) is 0 Å². The number of benzene rings is 1. The first-order chi connectivity index (χ1) is 10.2. The van der Waals surface area contributed by atoms with E-state index >= 15 is 0 Å². The number of rotatable bonds is 1. The topological polar surface area (TPSA) is 47.3 Å². The fourth-order valence-electron chi connectivity index (χ4n) is 5.36. The fraction of sp³-hybridized carbons (Fsp3) is 0.611. The highest BCUT2D eigenvalue weighted by Gasteiger charge is 2.53. The Labute approximate surface area is 126 Å². The smallest absolute Gasteiger partial charge is 0.115 e. The molecule has 1 N–H and O–H groups in total. The van der Waals surface area contributed by atoms with Crippen molar-refractivity contribution in [1.29, 1.82) is 5.26 Å². The van der Waals surface area contributed by atoms with Crippen LogP contribution < -0.4 is 0 Å². The molecule has 4 rings (SSSR count). The highest BCUT2D eigenvalue weighted by molar-refractivity contribution is 5.45. The summed E-state index contributed by atoms with van der Waals surface area (Å²) in [5.74, 6) is 1.08. The van der Waals surface area contributed by atoms with Gasteiger partial charge in [-0.05, 0) is 54.9 Å². The van der Waals surface area contributed by atoms with E-state index in [9.17, 15) is 5.11 Å². The lowest BCUT2D eigenvalue weighted by Crippen LogP contribution is -2.60. The number of nitrogens with zero attached hydrogens (tertiary/aromatic N) is 2. The summed E-state index contributed by atoms with van der Waals surface area (Å²) in [7, 11) is 0. The summed E-state index contributed by atoms with van der Waals surface area (Å²) in [6, 6.07) is 8.84. The molecule has 1 aromatic carbocycles. The van der Waals surface area contributed by atoms with Crippen LogP contribution in [-0.4, -0.2) is 29.1 Å². The van der Waals surface area contributed by atoms with Crippen molar-refractivity contribution in [2.24, 2.45) is 5.92 Å². The molecule has 2 bridgehead atoms. The van der Waals surface area contributed by atoms with Gasteiger partial charge in [-0.2, -0.15) is 5.26 Å². The van der Waals surface area contributed by atoms with E-state index in [2.05, 4.69) is 17.0 Å². The highest BCUT2D eigenvalue weighted by atomic mass is 16.3. The van der Waals surface area contributed by atoms with E-state index in [1.54, 1.807) is 0 Å². The third-order valence-electron chi connectivity index (χ3n) is 6.21. The van der Waals surface area contributed by atoms with Gasteiger partial charge in [0, 0.05) is 18.0 Å². The Kier molecular flexibility index (Phi) is 2.97. The number of fused-ring (bicyclic) bond motifs is 1. The molecule has 110 valence electrons. The maximum atomic E-state index is 9.96. The molecule has 0 amide bonds. The Hall–Kier alpha value is -1.53. The summed E-state index contributed by atoms with van der Waals surface area (Å²) in [4.78, 5) is 2.41. The second-order valence-corrected chi connectivity index (χ2v) is 7.00. The summed E-state index contributed by atoms with van der Waals surface area (Å²) < 4.78 is 0. The van der Waals surface area contributed by atoms with Gasteiger partial charge >= 0.3 is 0 Å². The van der Waals surface area contributed by atoms with Crippen LogP contribution in [0.15, 0.2) is 18.2 Å². The van der Waals surface area contributed by atoms with Crippen LogP contribution in [0.2, 0.25) is 0 Å². The summed E-state index contributed by atoms with van der Waals surface area (Å²) in [6.07, 6.45) is 7.34.